The normalized spacial score (nSPS) is 23.7. The molecule has 0 radical (unpaired) electrons. The van der Waals surface area contributed by atoms with Crippen molar-refractivity contribution in [2.75, 3.05) is 19.0 Å². The average Bonchev–Trinajstić information content (AvgIpc) is 3.30. The Morgan fingerprint density at radius 2 is 1.90 bits per heavy atom. The average molecular weight is 419 g/mol. The molecule has 6 N–H and O–H groups in total. The van der Waals surface area contributed by atoms with Gasteiger partial charge >= 0.3 is 0 Å². The molecule has 1 fully saturated rings. The van der Waals surface area contributed by atoms with Crippen LogP contribution in [-0.2, 0) is 11.3 Å². The lowest BCUT2D eigenvalue weighted by molar-refractivity contribution is -0.0511. The van der Waals surface area contributed by atoms with Gasteiger partial charge in [0.1, 0.15) is 30.4 Å². The maximum Gasteiger partial charge on any atom is 0.167 e. The van der Waals surface area contributed by atoms with Crippen LogP contribution in [0.1, 0.15) is 11.8 Å². The first-order valence-electron chi connectivity index (χ1n) is 9.07. The van der Waals surface area contributed by atoms with E-state index in [2.05, 4.69) is 20.3 Å². The summed E-state index contributed by atoms with van der Waals surface area (Å²) >= 11 is 0. The van der Waals surface area contributed by atoms with E-state index in [1.54, 1.807) is 0 Å². The molecular formula is C18H21N5O7. The number of ether oxygens (including phenoxy) is 2. The molecule has 4 atom stereocenters. The van der Waals surface area contributed by atoms with E-state index in [4.69, 9.17) is 9.47 Å². The highest BCUT2D eigenvalue weighted by molar-refractivity contribution is 5.82. The molecule has 2 aromatic heterocycles. The Kier molecular flexibility index (Phi) is 5.30. The first-order valence-corrected chi connectivity index (χ1v) is 9.07. The first-order chi connectivity index (χ1) is 14.4. The fraction of sp³-hybridized carbons (Fsp3) is 0.389. The molecule has 160 valence electrons. The van der Waals surface area contributed by atoms with Crippen LogP contribution in [0.5, 0.6) is 17.2 Å². The quantitative estimate of drug-likeness (QED) is 0.283. The summed E-state index contributed by atoms with van der Waals surface area (Å²) in [6, 6.07) is 2.68. The fourth-order valence-electron chi connectivity index (χ4n) is 3.39. The van der Waals surface area contributed by atoms with Crippen LogP contribution in [0.3, 0.4) is 0 Å². The Morgan fingerprint density at radius 3 is 2.60 bits per heavy atom. The van der Waals surface area contributed by atoms with Gasteiger partial charge in [-0.1, -0.05) is 0 Å². The molecule has 0 aliphatic carbocycles. The molecule has 12 nitrogen and oxygen atoms in total. The van der Waals surface area contributed by atoms with Crippen molar-refractivity contribution in [1.82, 2.24) is 19.5 Å². The lowest BCUT2D eigenvalue weighted by atomic mass is 10.1. The van der Waals surface area contributed by atoms with Gasteiger partial charge in [-0.05, 0) is 6.07 Å². The molecular weight excluding hydrogens is 398 g/mol. The number of methoxy groups -OCH3 is 1. The lowest BCUT2D eigenvalue weighted by Crippen LogP contribution is -2.33. The molecule has 12 heteroatoms. The second-order valence-electron chi connectivity index (χ2n) is 6.78. The van der Waals surface area contributed by atoms with Gasteiger partial charge in [-0.2, -0.15) is 0 Å². The van der Waals surface area contributed by atoms with Crippen LogP contribution in [0.25, 0.3) is 11.2 Å². The molecule has 0 spiro atoms. The number of hydrogen-bond donors (Lipinski definition) is 6. The molecule has 0 saturated carbocycles. The Morgan fingerprint density at radius 1 is 1.13 bits per heavy atom. The number of nitrogens with one attached hydrogen (secondary N) is 1. The van der Waals surface area contributed by atoms with Crippen molar-refractivity contribution in [3.63, 3.8) is 0 Å². The van der Waals surface area contributed by atoms with Gasteiger partial charge in [-0.25, -0.2) is 15.0 Å². The van der Waals surface area contributed by atoms with E-state index in [1.807, 2.05) is 0 Å². The number of fused-ring (bicyclic) bond motifs is 1. The zero-order chi connectivity index (χ0) is 21.4. The number of nitrogens with zero attached hydrogens (tertiary/aromatic N) is 4. The number of benzene rings is 1. The van der Waals surface area contributed by atoms with Crippen molar-refractivity contribution in [3.8, 4) is 17.2 Å². The highest BCUT2D eigenvalue weighted by Crippen LogP contribution is 2.34. The standard InChI is InChI=1S/C18H21N5O7/c1-29-11-3-10(26)9(25)2-8(11)4-19-16-13-17(21-6-20-16)23(7-22-13)18-15(28)14(27)12(5-24)30-18/h2-3,6-7,12,14-15,18,24-28H,4-5H2,1H3,(H,19,20,21)/t12-,14-,15-,18?/m1/s1. The van der Waals surface area contributed by atoms with Crippen LogP contribution in [0, 0.1) is 0 Å². The molecule has 30 heavy (non-hydrogen) atoms. The molecule has 1 unspecified atom stereocenters. The summed E-state index contributed by atoms with van der Waals surface area (Å²) in [6.07, 6.45) is -1.70. The zero-order valence-electron chi connectivity index (χ0n) is 15.9. The second kappa shape index (κ2) is 7.91. The number of aromatic hydroxyl groups is 2. The first kappa shape index (κ1) is 20.1. The number of rotatable bonds is 6. The number of aromatic nitrogens is 4. The number of anilines is 1. The van der Waals surface area contributed by atoms with Crippen LogP contribution in [0.4, 0.5) is 5.82 Å². The fourth-order valence-corrected chi connectivity index (χ4v) is 3.39. The van der Waals surface area contributed by atoms with Crippen LogP contribution in [-0.4, -0.2) is 77.1 Å². The minimum absolute atomic E-state index is 0.198. The summed E-state index contributed by atoms with van der Waals surface area (Å²) in [5, 5.41) is 52.0. The predicted octanol–water partition coefficient (Wildman–Crippen LogP) is -0.530. The van der Waals surface area contributed by atoms with Gasteiger partial charge in [0.2, 0.25) is 0 Å². The van der Waals surface area contributed by atoms with Crippen LogP contribution in [0.15, 0.2) is 24.8 Å². The Labute approximate surface area is 170 Å². The van der Waals surface area contributed by atoms with E-state index in [0.717, 1.165) is 0 Å². The summed E-state index contributed by atoms with van der Waals surface area (Å²) in [7, 11) is 1.45. The molecule has 1 aliphatic rings. The van der Waals surface area contributed by atoms with Crippen molar-refractivity contribution in [2.24, 2.45) is 0 Å². The van der Waals surface area contributed by atoms with Gasteiger partial charge in [0.15, 0.2) is 34.7 Å². The van der Waals surface area contributed by atoms with Gasteiger partial charge in [0, 0.05) is 18.2 Å². The molecule has 3 heterocycles. The molecule has 1 saturated heterocycles. The molecule has 4 rings (SSSR count). The highest BCUT2D eigenvalue weighted by Gasteiger charge is 2.44. The van der Waals surface area contributed by atoms with E-state index in [1.165, 1.54) is 36.5 Å². The smallest absolute Gasteiger partial charge is 0.167 e. The number of phenols is 2. The molecule has 3 aromatic rings. The SMILES string of the molecule is COc1cc(O)c(O)cc1CNc1ncnc2c1ncn2C1O[C@H](CO)[C@@H](O)[C@H]1O. The molecule has 0 amide bonds. The van der Waals surface area contributed by atoms with Gasteiger partial charge in [-0.3, -0.25) is 4.57 Å². The van der Waals surface area contributed by atoms with Crippen molar-refractivity contribution < 1.29 is 35.0 Å². The van der Waals surface area contributed by atoms with Crippen molar-refractivity contribution >= 4 is 17.0 Å². The number of aliphatic hydroxyl groups excluding tert-OH is 3. The highest BCUT2D eigenvalue weighted by atomic mass is 16.6. The van der Waals surface area contributed by atoms with E-state index in [-0.39, 0.29) is 18.0 Å². The Hall–Kier alpha value is -3.19. The van der Waals surface area contributed by atoms with E-state index in [0.29, 0.717) is 28.3 Å². The van der Waals surface area contributed by atoms with Crippen LogP contribution in [0.2, 0.25) is 0 Å². The summed E-state index contributed by atoms with van der Waals surface area (Å²) in [5.41, 5.74) is 1.31. The third kappa shape index (κ3) is 3.35. The van der Waals surface area contributed by atoms with Gasteiger partial charge in [-0.15, -0.1) is 0 Å². The number of imidazole rings is 1. The predicted molar refractivity (Wildman–Crippen MR) is 102 cm³/mol. The summed E-state index contributed by atoms with van der Waals surface area (Å²) in [5.74, 6) is 0.173. The van der Waals surface area contributed by atoms with Gasteiger partial charge in [0.05, 0.1) is 20.0 Å². The van der Waals surface area contributed by atoms with Crippen molar-refractivity contribution in [1.29, 1.82) is 0 Å². The number of aliphatic hydroxyl groups is 3. The summed E-state index contributed by atoms with van der Waals surface area (Å²) in [6.45, 7) is -0.242. The van der Waals surface area contributed by atoms with Gasteiger partial charge < -0.3 is 40.3 Å². The molecule has 1 aromatic carbocycles. The molecule has 0 bridgehead atoms. The van der Waals surface area contributed by atoms with Crippen molar-refractivity contribution in [2.45, 2.75) is 31.1 Å². The van der Waals surface area contributed by atoms with Crippen LogP contribution >= 0.6 is 0 Å². The van der Waals surface area contributed by atoms with Gasteiger partial charge in [0.25, 0.3) is 0 Å². The number of phenolic OH excluding ortho intramolecular Hbond substituents is 2. The van der Waals surface area contributed by atoms with Crippen LogP contribution < -0.4 is 10.1 Å². The zero-order valence-corrected chi connectivity index (χ0v) is 15.9. The molecule has 1 aliphatic heterocycles. The lowest BCUT2D eigenvalue weighted by Gasteiger charge is -2.16. The third-order valence-corrected chi connectivity index (χ3v) is 4.97. The minimum Gasteiger partial charge on any atom is -0.504 e. The topological polar surface area (TPSA) is 175 Å². The van der Waals surface area contributed by atoms with E-state index >= 15 is 0 Å². The second-order valence-corrected chi connectivity index (χ2v) is 6.78. The Bertz CT molecular complexity index is 1060. The largest absolute Gasteiger partial charge is 0.504 e. The third-order valence-electron chi connectivity index (χ3n) is 4.97. The monoisotopic (exact) mass is 419 g/mol. The minimum atomic E-state index is -1.27. The maximum atomic E-state index is 10.3. The number of hydrogen-bond acceptors (Lipinski definition) is 11. The Balaban J connectivity index is 1.61. The maximum absolute atomic E-state index is 10.3. The van der Waals surface area contributed by atoms with E-state index in [9.17, 15) is 25.5 Å². The van der Waals surface area contributed by atoms with Crippen molar-refractivity contribution in [3.05, 3.63) is 30.4 Å². The summed E-state index contributed by atoms with van der Waals surface area (Å²) in [4.78, 5) is 12.6. The summed E-state index contributed by atoms with van der Waals surface area (Å²) < 4.78 is 12.2. The van der Waals surface area contributed by atoms with E-state index < -0.39 is 31.1 Å².